The summed E-state index contributed by atoms with van der Waals surface area (Å²) in [4.78, 5) is 12.7. The molecule has 0 aliphatic heterocycles. The van der Waals surface area contributed by atoms with Crippen molar-refractivity contribution >= 4 is 43.8 Å². The van der Waals surface area contributed by atoms with E-state index in [9.17, 15) is 0 Å². The number of benzene rings is 1. The van der Waals surface area contributed by atoms with Crippen molar-refractivity contribution in [3.8, 4) is 0 Å². The Bertz CT molecular complexity index is 799. The van der Waals surface area contributed by atoms with E-state index in [0.29, 0.717) is 0 Å². The predicted molar refractivity (Wildman–Crippen MR) is 86.1 cm³/mol. The summed E-state index contributed by atoms with van der Waals surface area (Å²) in [5.74, 6) is 0. The van der Waals surface area contributed by atoms with E-state index < -0.39 is 18.4 Å². The van der Waals surface area contributed by atoms with Gasteiger partial charge in [0.15, 0.2) is 0 Å². The molecule has 2 heterocycles. The minimum absolute atomic E-state index is 1.24. The van der Waals surface area contributed by atoms with Crippen LogP contribution in [0.4, 0.5) is 0 Å². The molecule has 0 aliphatic carbocycles. The van der Waals surface area contributed by atoms with Crippen molar-refractivity contribution < 1.29 is 9.57 Å². The average molecular weight is 376 g/mol. The monoisotopic (exact) mass is 377 g/mol. The van der Waals surface area contributed by atoms with Gasteiger partial charge in [-0.1, -0.05) is 0 Å². The molecule has 2 aromatic heterocycles. The average Bonchev–Trinajstić information content (AvgIpc) is 2.70. The molecule has 1 aromatic carbocycles. The standard InChI is InChI=1S/C13H12N2O.3CH3.Sn/c1-14-12-6-4-3-5-10(12)11-9-15(16-2)8-7-13(11)14;;;;/h4-9H,1-2H3;3*1H3;/q+1;;;;. The molecule has 104 valence electrons. The van der Waals surface area contributed by atoms with Gasteiger partial charge in [-0.05, 0) is 0 Å². The zero-order valence-corrected chi connectivity index (χ0v) is 15.6. The topological polar surface area (TPSA) is 18.0 Å². The first-order valence-electron chi connectivity index (χ1n) is 6.90. The van der Waals surface area contributed by atoms with Crippen LogP contribution in [0.25, 0.3) is 21.8 Å². The van der Waals surface area contributed by atoms with E-state index >= 15 is 0 Å². The first-order valence-corrected chi connectivity index (χ1v) is 16.9. The molecule has 0 bridgehead atoms. The van der Waals surface area contributed by atoms with Crippen molar-refractivity contribution in [1.82, 2.24) is 4.57 Å². The Labute approximate surface area is 123 Å². The third-order valence-electron chi connectivity index (χ3n) is 4.00. The number of aromatic nitrogens is 2. The van der Waals surface area contributed by atoms with E-state index in [-0.39, 0.29) is 0 Å². The molecule has 0 saturated heterocycles. The molecular weight excluding hydrogens is 355 g/mol. The third kappa shape index (κ3) is 2.08. The van der Waals surface area contributed by atoms with Crippen LogP contribution in [0.15, 0.2) is 36.7 Å². The van der Waals surface area contributed by atoms with Crippen molar-refractivity contribution in [2.75, 3.05) is 7.11 Å². The van der Waals surface area contributed by atoms with Crippen molar-refractivity contribution in [2.45, 2.75) is 14.8 Å². The molecule has 4 heteroatoms. The maximum atomic E-state index is 5.30. The molecule has 0 aliphatic rings. The SMILES string of the molecule is CO[n+]1ccc2c(c1)c1c[c]([Sn]([CH3])([CH3])[CH3])ccc1n2C. The van der Waals surface area contributed by atoms with Crippen LogP contribution in [0.5, 0.6) is 0 Å². The van der Waals surface area contributed by atoms with E-state index in [1.807, 2.05) is 6.20 Å². The maximum absolute atomic E-state index is 5.30. The Kier molecular flexibility index (Phi) is 3.20. The van der Waals surface area contributed by atoms with Gasteiger partial charge in [0.05, 0.1) is 0 Å². The van der Waals surface area contributed by atoms with Crippen molar-refractivity contribution in [2.24, 2.45) is 7.05 Å². The Balaban J connectivity index is 2.40. The predicted octanol–water partition coefficient (Wildman–Crippen LogP) is 2.22. The zero-order chi connectivity index (χ0) is 14.5. The number of hydrogen-bond acceptors (Lipinski definition) is 1. The van der Waals surface area contributed by atoms with Crippen LogP contribution in [0.2, 0.25) is 14.8 Å². The molecule has 0 radical (unpaired) electrons. The molecule has 0 atom stereocenters. The van der Waals surface area contributed by atoms with Crippen molar-refractivity contribution in [3.63, 3.8) is 0 Å². The number of fused-ring (bicyclic) bond motifs is 3. The fraction of sp³-hybridized carbons (Fsp3) is 0.312. The van der Waals surface area contributed by atoms with Crippen LogP contribution < -0.4 is 13.1 Å². The van der Waals surface area contributed by atoms with Gasteiger partial charge in [0, 0.05) is 0 Å². The Morgan fingerprint density at radius 2 is 1.75 bits per heavy atom. The van der Waals surface area contributed by atoms with Gasteiger partial charge < -0.3 is 0 Å². The molecule has 0 spiro atoms. The van der Waals surface area contributed by atoms with Gasteiger partial charge in [0.2, 0.25) is 0 Å². The number of pyridine rings is 1. The van der Waals surface area contributed by atoms with Gasteiger partial charge >= 0.3 is 124 Å². The first-order chi connectivity index (χ1) is 9.41. The van der Waals surface area contributed by atoms with Gasteiger partial charge in [0.25, 0.3) is 0 Å². The number of rotatable bonds is 2. The summed E-state index contributed by atoms with van der Waals surface area (Å²) in [7, 11) is 3.82. The second kappa shape index (κ2) is 4.65. The Hall–Kier alpha value is -1.23. The number of hydrogen-bond donors (Lipinski definition) is 0. The summed E-state index contributed by atoms with van der Waals surface area (Å²) >= 11 is -2.04. The second-order valence-corrected chi connectivity index (χ2v) is 20.8. The van der Waals surface area contributed by atoms with Gasteiger partial charge in [0.1, 0.15) is 0 Å². The number of nitrogens with zero attached hydrogens (tertiary/aromatic N) is 2. The van der Waals surface area contributed by atoms with Crippen LogP contribution >= 0.6 is 0 Å². The van der Waals surface area contributed by atoms with Crippen LogP contribution in [-0.2, 0) is 7.05 Å². The van der Waals surface area contributed by atoms with Crippen LogP contribution in [-0.4, -0.2) is 30.1 Å². The first kappa shape index (κ1) is 13.7. The summed E-state index contributed by atoms with van der Waals surface area (Å²) in [5, 5.41) is 2.59. The summed E-state index contributed by atoms with van der Waals surface area (Å²) in [6.45, 7) is 0. The van der Waals surface area contributed by atoms with Gasteiger partial charge in [-0.25, -0.2) is 0 Å². The summed E-state index contributed by atoms with van der Waals surface area (Å²) in [6, 6.07) is 9.10. The normalized spacial score (nSPS) is 12.2. The van der Waals surface area contributed by atoms with Gasteiger partial charge in [-0.3, -0.25) is 0 Å². The van der Waals surface area contributed by atoms with Crippen LogP contribution in [0.1, 0.15) is 0 Å². The Morgan fingerprint density at radius 3 is 2.40 bits per heavy atom. The fourth-order valence-electron chi connectivity index (χ4n) is 2.72. The van der Waals surface area contributed by atoms with E-state index in [2.05, 4.69) is 56.9 Å². The van der Waals surface area contributed by atoms with E-state index in [1.165, 1.54) is 21.8 Å². The molecule has 20 heavy (non-hydrogen) atoms. The van der Waals surface area contributed by atoms with Crippen LogP contribution in [0.3, 0.4) is 0 Å². The Morgan fingerprint density at radius 1 is 1.05 bits per heavy atom. The fourth-order valence-corrected chi connectivity index (χ4v) is 6.04. The molecule has 3 rings (SSSR count). The number of aryl methyl sites for hydroxylation is 1. The van der Waals surface area contributed by atoms with E-state index in [1.54, 1.807) is 15.4 Å². The molecular formula is C16H21N2OSn+. The van der Waals surface area contributed by atoms with Crippen molar-refractivity contribution in [3.05, 3.63) is 36.7 Å². The molecule has 0 fully saturated rings. The second-order valence-electron chi connectivity index (χ2n) is 6.33. The summed E-state index contributed by atoms with van der Waals surface area (Å²) in [5.41, 5.74) is 2.53. The van der Waals surface area contributed by atoms with E-state index in [4.69, 9.17) is 4.84 Å². The summed E-state index contributed by atoms with van der Waals surface area (Å²) in [6.07, 6.45) is 4.02. The minimum atomic E-state index is -2.04. The van der Waals surface area contributed by atoms with Gasteiger partial charge in [-0.15, -0.1) is 0 Å². The molecule has 3 aromatic rings. The molecule has 0 unspecified atom stereocenters. The van der Waals surface area contributed by atoms with E-state index in [0.717, 1.165) is 0 Å². The molecule has 0 amide bonds. The van der Waals surface area contributed by atoms with Gasteiger partial charge in [-0.2, -0.15) is 0 Å². The van der Waals surface area contributed by atoms with Crippen molar-refractivity contribution in [1.29, 1.82) is 0 Å². The summed E-state index contributed by atoms with van der Waals surface area (Å²) < 4.78 is 5.58. The molecule has 3 nitrogen and oxygen atoms in total. The quantitative estimate of drug-likeness (QED) is 0.496. The third-order valence-corrected chi connectivity index (χ3v) is 9.83. The molecule has 0 saturated carbocycles. The molecule has 0 N–H and O–H groups in total. The van der Waals surface area contributed by atoms with Crippen LogP contribution in [0, 0.1) is 0 Å². The zero-order valence-electron chi connectivity index (χ0n) is 12.8.